The van der Waals surface area contributed by atoms with Crippen LogP contribution in [0.5, 0.6) is 0 Å². The number of nitrogens with zero attached hydrogens (tertiary/aromatic N) is 6. The number of fused-ring (bicyclic) bond motifs is 1. The zero-order valence-corrected chi connectivity index (χ0v) is 19.6. The first-order valence-corrected chi connectivity index (χ1v) is 11.2. The van der Waals surface area contributed by atoms with E-state index in [1.165, 1.54) is 6.33 Å². The standard InChI is InChI=1S/C24H21Cl2N7/c1-15-4-3-5-20(29-15)24-23(16-6-9-22-27-14-28-33(22)12-16)30-21(31-24)13-32(2)11-17-10-18(25)7-8-19(17)26/h3-10,12,14H,11,13H2,1-2H3,(H,30,31). The fourth-order valence-corrected chi connectivity index (χ4v) is 4.17. The van der Waals surface area contributed by atoms with Gasteiger partial charge in [0, 0.05) is 34.0 Å². The van der Waals surface area contributed by atoms with Crippen molar-refractivity contribution in [2.75, 3.05) is 7.05 Å². The normalized spacial score (nSPS) is 11.5. The molecule has 0 aliphatic carbocycles. The van der Waals surface area contributed by atoms with E-state index in [4.69, 9.17) is 33.2 Å². The van der Waals surface area contributed by atoms with Crippen LogP contribution in [-0.4, -0.2) is 41.5 Å². The number of aryl methyl sites for hydroxylation is 1. The van der Waals surface area contributed by atoms with Crippen molar-refractivity contribution in [3.63, 3.8) is 0 Å². The molecule has 0 unspecified atom stereocenters. The van der Waals surface area contributed by atoms with Crippen molar-refractivity contribution in [1.82, 2.24) is 34.4 Å². The molecule has 4 aromatic heterocycles. The summed E-state index contributed by atoms with van der Waals surface area (Å²) in [6, 6.07) is 15.4. The minimum absolute atomic E-state index is 0.591. The van der Waals surface area contributed by atoms with Gasteiger partial charge < -0.3 is 4.98 Å². The number of benzene rings is 1. The van der Waals surface area contributed by atoms with Crippen LogP contribution in [-0.2, 0) is 13.1 Å². The largest absolute Gasteiger partial charge is 0.339 e. The summed E-state index contributed by atoms with van der Waals surface area (Å²) in [6.07, 6.45) is 3.46. The Morgan fingerprint density at radius 1 is 1.03 bits per heavy atom. The van der Waals surface area contributed by atoms with Gasteiger partial charge in [-0.05, 0) is 62.0 Å². The highest BCUT2D eigenvalue weighted by molar-refractivity contribution is 6.33. The van der Waals surface area contributed by atoms with E-state index in [0.717, 1.165) is 45.4 Å². The SMILES string of the molecule is Cc1cccc(-c2[nH]c(CN(C)Cc3cc(Cl)ccc3Cl)nc2-c2ccc3ncnn3c2)n1. The average molecular weight is 478 g/mol. The summed E-state index contributed by atoms with van der Waals surface area (Å²) in [5, 5.41) is 5.62. The zero-order valence-electron chi connectivity index (χ0n) is 18.1. The quantitative estimate of drug-likeness (QED) is 0.352. The summed E-state index contributed by atoms with van der Waals surface area (Å²) in [5.41, 5.74) is 6.13. The molecule has 5 rings (SSSR count). The molecule has 5 aromatic rings. The number of hydrogen-bond acceptors (Lipinski definition) is 5. The summed E-state index contributed by atoms with van der Waals surface area (Å²) in [6.45, 7) is 3.20. The Hall–Kier alpha value is -3.26. The molecular weight excluding hydrogens is 457 g/mol. The Labute approximate surface area is 201 Å². The molecule has 33 heavy (non-hydrogen) atoms. The maximum Gasteiger partial charge on any atom is 0.155 e. The van der Waals surface area contributed by atoms with Gasteiger partial charge in [0.05, 0.1) is 23.6 Å². The molecule has 0 radical (unpaired) electrons. The molecule has 0 saturated heterocycles. The van der Waals surface area contributed by atoms with Crippen molar-refractivity contribution in [2.45, 2.75) is 20.0 Å². The van der Waals surface area contributed by atoms with Gasteiger partial charge in [-0.3, -0.25) is 9.88 Å². The minimum atomic E-state index is 0.591. The highest BCUT2D eigenvalue weighted by atomic mass is 35.5. The van der Waals surface area contributed by atoms with Crippen LogP contribution in [0.2, 0.25) is 10.0 Å². The molecule has 9 heteroatoms. The molecule has 0 atom stereocenters. The van der Waals surface area contributed by atoms with Crippen LogP contribution in [0, 0.1) is 6.92 Å². The number of imidazole rings is 1. The summed E-state index contributed by atoms with van der Waals surface area (Å²) in [5.74, 6) is 0.822. The van der Waals surface area contributed by atoms with E-state index in [0.29, 0.717) is 23.1 Å². The maximum absolute atomic E-state index is 6.36. The fourth-order valence-electron chi connectivity index (χ4n) is 3.80. The summed E-state index contributed by atoms with van der Waals surface area (Å²) < 4.78 is 1.74. The molecule has 0 aliphatic heterocycles. The lowest BCUT2D eigenvalue weighted by Crippen LogP contribution is -2.18. The second-order valence-electron chi connectivity index (χ2n) is 7.96. The maximum atomic E-state index is 6.36. The predicted molar refractivity (Wildman–Crippen MR) is 130 cm³/mol. The number of hydrogen-bond donors (Lipinski definition) is 1. The van der Waals surface area contributed by atoms with Crippen LogP contribution < -0.4 is 0 Å². The lowest BCUT2D eigenvalue weighted by molar-refractivity contribution is 0.312. The third kappa shape index (κ3) is 4.61. The van der Waals surface area contributed by atoms with Gasteiger partial charge in [-0.1, -0.05) is 29.3 Å². The van der Waals surface area contributed by atoms with Gasteiger partial charge in [0.1, 0.15) is 12.2 Å². The number of pyridine rings is 2. The van der Waals surface area contributed by atoms with Crippen molar-refractivity contribution < 1.29 is 0 Å². The number of halogens is 2. The van der Waals surface area contributed by atoms with Gasteiger partial charge in [0.2, 0.25) is 0 Å². The number of aromatic amines is 1. The van der Waals surface area contributed by atoms with Gasteiger partial charge in [-0.15, -0.1) is 0 Å². The number of rotatable bonds is 6. The third-order valence-electron chi connectivity index (χ3n) is 5.31. The second kappa shape index (κ2) is 8.94. The average Bonchev–Trinajstić information content (AvgIpc) is 3.42. The number of nitrogens with one attached hydrogen (secondary N) is 1. The van der Waals surface area contributed by atoms with E-state index in [2.05, 4.69) is 20.0 Å². The van der Waals surface area contributed by atoms with Gasteiger partial charge in [-0.2, -0.15) is 5.10 Å². The molecule has 0 amide bonds. The predicted octanol–water partition coefficient (Wildman–Crippen LogP) is 5.43. The van der Waals surface area contributed by atoms with Crippen LogP contribution >= 0.6 is 23.2 Å². The fraction of sp³-hybridized carbons (Fsp3) is 0.167. The Morgan fingerprint density at radius 3 is 2.76 bits per heavy atom. The molecule has 0 bridgehead atoms. The first kappa shape index (κ1) is 21.6. The van der Waals surface area contributed by atoms with E-state index in [1.807, 2.05) is 62.6 Å². The lowest BCUT2D eigenvalue weighted by Gasteiger charge is -2.16. The van der Waals surface area contributed by atoms with Crippen molar-refractivity contribution in [3.8, 4) is 22.6 Å². The highest BCUT2D eigenvalue weighted by Gasteiger charge is 2.17. The molecule has 166 valence electrons. The van der Waals surface area contributed by atoms with E-state index in [9.17, 15) is 0 Å². The Morgan fingerprint density at radius 2 is 1.91 bits per heavy atom. The van der Waals surface area contributed by atoms with Gasteiger partial charge in [0.25, 0.3) is 0 Å². The van der Waals surface area contributed by atoms with Gasteiger partial charge >= 0.3 is 0 Å². The Bertz CT molecular complexity index is 1440. The second-order valence-corrected chi connectivity index (χ2v) is 8.80. The van der Waals surface area contributed by atoms with Crippen molar-refractivity contribution in [3.05, 3.63) is 88.2 Å². The molecule has 0 spiro atoms. The van der Waals surface area contributed by atoms with Crippen molar-refractivity contribution in [2.24, 2.45) is 0 Å². The summed E-state index contributed by atoms with van der Waals surface area (Å²) in [4.78, 5) is 19.5. The highest BCUT2D eigenvalue weighted by Crippen LogP contribution is 2.30. The van der Waals surface area contributed by atoms with Crippen molar-refractivity contribution >= 4 is 28.8 Å². The lowest BCUT2D eigenvalue weighted by atomic mass is 10.1. The summed E-state index contributed by atoms with van der Waals surface area (Å²) >= 11 is 12.5. The number of aromatic nitrogens is 6. The smallest absolute Gasteiger partial charge is 0.155 e. The molecule has 0 fully saturated rings. The first-order chi connectivity index (χ1) is 16.0. The minimum Gasteiger partial charge on any atom is -0.339 e. The van der Waals surface area contributed by atoms with Crippen LogP contribution in [0.1, 0.15) is 17.1 Å². The third-order valence-corrected chi connectivity index (χ3v) is 5.92. The Balaban J connectivity index is 1.50. The summed E-state index contributed by atoms with van der Waals surface area (Å²) in [7, 11) is 2.02. The monoisotopic (exact) mass is 477 g/mol. The van der Waals surface area contributed by atoms with Gasteiger partial charge in [-0.25, -0.2) is 14.5 Å². The molecule has 7 nitrogen and oxygen atoms in total. The van der Waals surface area contributed by atoms with E-state index in [1.54, 1.807) is 10.6 Å². The first-order valence-electron chi connectivity index (χ1n) is 10.4. The van der Waals surface area contributed by atoms with Crippen LogP contribution in [0.4, 0.5) is 0 Å². The molecular formula is C24H21Cl2N7. The van der Waals surface area contributed by atoms with Crippen molar-refractivity contribution in [1.29, 1.82) is 0 Å². The van der Waals surface area contributed by atoms with E-state index in [-0.39, 0.29) is 0 Å². The number of H-pyrrole nitrogens is 1. The molecule has 0 aliphatic rings. The van der Waals surface area contributed by atoms with E-state index < -0.39 is 0 Å². The molecule has 4 heterocycles. The molecule has 1 N–H and O–H groups in total. The van der Waals surface area contributed by atoms with E-state index >= 15 is 0 Å². The molecule has 1 aromatic carbocycles. The zero-order chi connectivity index (χ0) is 22.9. The van der Waals surface area contributed by atoms with Crippen LogP contribution in [0.25, 0.3) is 28.3 Å². The molecule has 0 saturated carbocycles. The van der Waals surface area contributed by atoms with Crippen LogP contribution in [0.15, 0.2) is 61.1 Å². The Kier molecular flexibility index (Phi) is 5.85. The van der Waals surface area contributed by atoms with Gasteiger partial charge in [0.15, 0.2) is 5.65 Å². The van der Waals surface area contributed by atoms with Crippen LogP contribution in [0.3, 0.4) is 0 Å². The topological polar surface area (TPSA) is 75.0 Å².